The summed E-state index contributed by atoms with van der Waals surface area (Å²) >= 11 is 5.68. The molecule has 2 atom stereocenters. The number of carbonyl (C=O) groups excluding carboxylic acids is 1. The molecule has 7 heteroatoms. The van der Waals surface area contributed by atoms with Crippen molar-refractivity contribution in [3.8, 4) is 5.69 Å². The van der Waals surface area contributed by atoms with E-state index in [1.165, 1.54) is 11.1 Å². The minimum atomic E-state index is -0.295. The topological polar surface area (TPSA) is 59.4 Å². The summed E-state index contributed by atoms with van der Waals surface area (Å²) in [5.74, 6) is -0.295. The van der Waals surface area contributed by atoms with E-state index < -0.39 is 0 Å². The Morgan fingerprint density at radius 2 is 1.94 bits per heavy atom. The molecule has 0 amide bonds. The maximum Gasteiger partial charge on any atom is 0.325 e. The number of ether oxygens (including phenoxy) is 1. The molecule has 1 N–H and O–H groups in total. The highest BCUT2D eigenvalue weighted by Crippen LogP contribution is 2.41. The minimum Gasteiger partial charge on any atom is -0.465 e. The van der Waals surface area contributed by atoms with Crippen LogP contribution in [0.2, 0.25) is 0 Å². The molecule has 0 unspecified atom stereocenters. The molecule has 0 saturated carbocycles. The highest BCUT2D eigenvalue weighted by atomic mass is 32.1. The third-order valence-electron chi connectivity index (χ3n) is 6.20. The molecular formula is C26H30N4O2S. The van der Waals surface area contributed by atoms with Gasteiger partial charge in [-0.05, 0) is 87.8 Å². The first-order valence-corrected chi connectivity index (χ1v) is 11.6. The maximum absolute atomic E-state index is 12.5. The van der Waals surface area contributed by atoms with E-state index in [1.54, 1.807) is 6.20 Å². The first-order chi connectivity index (χ1) is 15.8. The Morgan fingerprint density at radius 3 is 2.64 bits per heavy atom. The fraction of sp³-hybridized carbons (Fsp3) is 0.346. The summed E-state index contributed by atoms with van der Waals surface area (Å²) in [6.45, 7) is 10.7. The van der Waals surface area contributed by atoms with Gasteiger partial charge in [-0.25, -0.2) is 0 Å². The predicted molar refractivity (Wildman–Crippen MR) is 134 cm³/mol. The van der Waals surface area contributed by atoms with Crippen LogP contribution in [-0.4, -0.2) is 38.7 Å². The van der Waals surface area contributed by atoms with Gasteiger partial charge in [0.25, 0.3) is 0 Å². The van der Waals surface area contributed by atoms with Gasteiger partial charge in [0.2, 0.25) is 0 Å². The van der Waals surface area contributed by atoms with Crippen LogP contribution < -0.4 is 5.32 Å². The Morgan fingerprint density at radius 1 is 1.15 bits per heavy atom. The molecule has 3 aromatic rings. The Bertz CT molecular complexity index is 1190. The van der Waals surface area contributed by atoms with Gasteiger partial charge in [-0.1, -0.05) is 18.2 Å². The van der Waals surface area contributed by atoms with E-state index in [2.05, 4.69) is 66.8 Å². The standard InChI is InChI=1S/C26H30N4O2S/c1-6-32-23(31)15-29-25(24(28-26(29)33)21-9-7-8-12-27-21)20-14-18(4)30(19(20)5)22-13-16(2)10-11-17(22)3/h7-14,24-25H,6,15H2,1-5H3,(H,28,33)/t24-,25-/m1/s1. The molecule has 1 aromatic carbocycles. The third kappa shape index (κ3) is 4.37. The van der Waals surface area contributed by atoms with Crippen molar-refractivity contribution in [2.24, 2.45) is 0 Å². The lowest BCUT2D eigenvalue weighted by atomic mass is 9.96. The molecule has 0 aliphatic carbocycles. The minimum absolute atomic E-state index is 0.0841. The van der Waals surface area contributed by atoms with Crippen LogP contribution in [0.25, 0.3) is 5.69 Å². The zero-order chi connectivity index (χ0) is 23.7. The van der Waals surface area contributed by atoms with Crippen LogP contribution in [-0.2, 0) is 9.53 Å². The molecule has 0 spiro atoms. The second kappa shape index (κ2) is 9.35. The van der Waals surface area contributed by atoms with Gasteiger partial charge in [0.05, 0.1) is 24.4 Å². The largest absolute Gasteiger partial charge is 0.465 e. The number of benzene rings is 1. The second-order valence-electron chi connectivity index (χ2n) is 8.51. The highest BCUT2D eigenvalue weighted by Gasteiger charge is 2.42. The second-order valence-corrected chi connectivity index (χ2v) is 8.90. The van der Waals surface area contributed by atoms with Crippen molar-refractivity contribution in [3.05, 3.63) is 82.4 Å². The molecule has 0 radical (unpaired) electrons. The molecule has 2 aromatic heterocycles. The quantitative estimate of drug-likeness (QED) is 0.425. The molecule has 1 aliphatic rings. The molecule has 0 bridgehead atoms. The van der Waals surface area contributed by atoms with E-state index in [0.717, 1.165) is 28.3 Å². The van der Waals surface area contributed by atoms with E-state index in [-0.39, 0.29) is 24.6 Å². The number of nitrogens with one attached hydrogen (secondary N) is 1. The summed E-state index contributed by atoms with van der Waals surface area (Å²) in [6, 6.07) is 14.2. The summed E-state index contributed by atoms with van der Waals surface area (Å²) < 4.78 is 7.53. The number of pyridine rings is 1. The predicted octanol–water partition coefficient (Wildman–Crippen LogP) is 4.64. The summed E-state index contributed by atoms with van der Waals surface area (Å²) in [7, 11) is 0. The first kappa shape index (κ1) is 23.0. The van der Waals surface area contributed by atoms with Gasteiger partial charge < -0.3 is 19.5 Å². The van der Waals surface area contributed by atoms with Crippen molar-refractivity contribution in [3.63, 3.8) is 0 Å². The Kier molecular flexibility index (Phi) is 6.51. The molecule has 1 aliphatic heterocycles. The van der Waals surface area contributed by atoms with Crippen LogP contribution in [0.4, 0.5) is 0 Å². The third-order valence-corrected chi connectivity index (χ3v) is 6.55. The summed E-state index contributed by atoms with van der Waals surface area (Å²) in [6.07, 6.45) is 1.78. The molecular weight excluding hydrogens is 432 g/mol. The fourth-order valence-corrected chi connectivity index (χ4v) is 4.98. The van der Waals surface area contributed by atoms with E-state index in [0.29, 0.717) is 11.7 Å². The lowest BCUT2D eigenvalue weighted by molar-refractivity contribution is -0.143. The molecule has 172 valence electrons. The van der Waals surface area contributed by atoms with Crippen LogP contribution >= 0.6 is 12.2 Å². The van der Waals surface area contributed by atoms with Gasteiger partial charge in [-0.3, -0.25) is 9.78 Å². The fourth-order valence-electron chi connectivity index (χ4n) is 4.68. The first-order valence-electron chi connectivity index (χ1n) is 11.2. The van der Waals surface area contributed by atoms with Gasteiger partial charge in [0, 0.05) is 23.3 Å². The zero-order valence-corrected chi connectivity index (χ0v) is 20.6. The zero-order valence-electron chi connectivity index (χ0n) is 19.8. The van der Waals surface area contributed by atoms with Crippen molar-refractivity contribution < 1.29 is 9.53 Å². The molecule has 1 saturated heterocycles. The lowest BCUT2D eigenvalue weighted by Gasteiger charge is -2.27. The van der Waals surface area contributed by atoms with Crippen LogP contribution in [0.1, 0.15) is 52.8 Å². The van der Waals surface area contributed by atoms with E-state index in [1.807, 2.05) is 30.0 Å². The van der Waals surface area contributed by atoms with Crippen molar-refractivity contribution >= 4 is 23.3 Å². The Balaban J connectivity index is 1.84. The molecule has 1 fully saturated rings. The average molecular weight is 463 g/mol. The number of aryl methyl sites for hydroxylation is 3. The van der Waals surface area contributed by atoms with Crippen molar-refractivity contribution in [1.29, 1.82) is 0 Å². The lowest BCUT2D eigenvalue weighted by Crippen LogP contribution is -2.35. The van der Waals surface area contributed by atoms with Gasteiger partial charge in [0.1, 0.15) is 6.54 Å². The molecule has 6 nitrogen and oxygen atoms in total. The Labute approximate surface area is 200 Å². The summed E-state index contributed by atoms with van der Waals surface area (Å²) in [4.78, 5) is 19.0. The van der Waals surface area contributed by atoms with E-state index in [4.69, 9.17) is 17.0 Å². The SMILES string of the molecule is CCOC(=O)CN1C(=S)N[C@H](c2ccccn2)[C@H]1c1cc(C)n(-c2cc(C)ccc2C)c1C. The highest BCUT2D eigenvalue weighted by molar-refractivity contribution is 7.80. The number of thiocarbonyl (C=S) groups is 1. The van der Waals surface area contributed by atoms with Crippen LogP contribution in [0.3, 0.4) is 0 Å². The number of carbonyl (C=O) groups is 1. The Hall–Kier alpha value is -3.19. The number of hydrogen-bond donors (Lipinski definition) is 1. The van der Waals surface area contributed by atoms with E-state index in [9.17, 15) is 4.79 Å². The number of aromatic nitrogens is 2. The van der Waals surface area contributed by atoms with Gasteiger partial charge in [-0.2, -0.15) is 0 Å². The normalized spacial score (nSPS) is 17.8. The number of esters is 1. The van der Waals surface area contributed by atoms with Gasteiger partial charge >= 0.3 is 5.97 Å². The molecule has 4 rings (SSSR count). The van der Waals surface area contributed by atoms with Gasteiger partial charge in [-0.15, -0.1) is 0 Å². The monoisotopic (exact) mass is 462 g/mol. The maximum atomic E-state index is 12.5. The van der Waals surface area contributed by atoms with Gasteiger partial charge in [0.15, 0.2) is 5.11 Å². The van der Waals surface area contributed by atoms with Crippen LogP contribution in [0.5, 0.6) is 0 Å². The number of rotatable bonds is 6. The van der Waals surface area contributed by atoms with Crippen molar-refractivity contribution in [2.45, 2.75) is 46.7 Å². The average Bonchev–Trinajstić information content (AvgIpc) is 3.26. The van der Waals surface area contributed by atoms with Crippen LogP contribution in [0, 0.1) is 27.7 Å². The van der Waals surface area contributed by atoms with Crippen LogP contribution in [0.15, 0.2) is 48.7 Å². The van der Waals surface area contributed by atoms with E-state index >= 15 is 0 Å². The summed E-state index contributed by atoms with van der Waals surface area (Å²) in [5.41, 5.74) is 7.82. The summed E-state index contributed by atoms with van der Waals surface area (Å²) in [5, 5.41) is 3.94. The molecule has 33 heavy (non-hydrogen) atoms. The smallest absolute Gasteiger partial charge is 0.325 e. The number of hydrogen-bond acceptors (Lipinski definition) is 4. The van der Waals surface area contributed by atoms with Crippen molar-refractivity contribution in [1.82, 2.24) is 19.8 Å². The molecule has 3 heterocycles. The number of nitrogens with zero attached hydrogens (tertiary/aromatic N) is 3. The van der Waals surface area contributed by atoms with Crippen molar-refractivity contribution in [2.75, 3.05) is 13.2 Å².